The van der Waals surface area contributed by atoms with Gasteiger partial charge in [-0.3, -0.25) is 28.8 Å². The van der Waals surface area contributed by atoms with Crippen molar-refractivity contribution in [3.63, 3.8) is 0 Å². The van der Waals surface area contributed by atoms with Gasteiger partial charge in [0.25, 0.3) is 11.8 Å². The number of anilines is 1. The highest BCUT2D eigenvalue weighted by Crippen LogP contribution is 2.55. The van der Waals surface area contributed by atoms with Crippen LogP contribution in [0.2, 0.25) is 0 Å². The molecule has 0 aliphatic carbocycles. The van der Waals surface area contributed by atoms with Crippen LogP contribution in [-0.4, -0.2) is 75.2 Å². The van der Waals surface area contributed by atoms with Crippen molar-refractivity contribution in [2.75, 3.05) is 30.3 Å². The number of nitrogens with one attached hydrogen (secondary N) is 3. The Balaban J connectivity index is 1.28. The normalized spacial score (nSPS) is 22.4. The first-order valence-electron chi connectivity index (χ1n) is 13.0. The molecule has 208 valence electrons. The van der Waals surface area contributed by atoms with Crippen molar-refractivity contribution in [3.8, 4) is 0 Å². The topological polar surface area (TPSA) is 151 Å². The third-order valence-electron chi connectivity index (χ3n) is 7.75. The fraction of sp³-hybridized carbons (Fsp3) is 0.407. The molecule has 0 bridgehead atoms. The Morgan fingerprint density at radius 3 is 2.38 bits per heavy atom. The summed E-state index contributed by atoms with van der Waals surface area (Å²) >= 11 is 0. The van der Waals surface area contributed by atoms with E-state index in [1.807, 2.05) is 24.3 Å². The van der Waals surface area contributed by atoms with E-state index >= 15 is 0 Å². The van der Waals surface area contributed by atoms with E-state index in [0.29, 0.717) is 49.5 Å². The van der Waals surface area contributed by atoms with Crippen LogP contribution in [-0.2, 0) is 16.1 Å². The molecular weight excluding hydrogens is 522 g/mol. The number of fused-ring (bicyclic) bond motifs is 1. The molecule has 3 aliphatic heterocycles. The van der Waals surface area contributed by atoms with Crippen LogP contribution < -0.4 is 20.9 Å². The number of urea groups is 1. The van der Waals surface area contributed by atoms with Crippen molar-refractivity contribution < 1.29 is 28.3 Å². The van der Waals surface area contributed by atoms with Crippen LogP contribution in [0.1, 0.15) is 35.7 Å². The quantitative estimate of drug-likeness (QED) is 0.343. The van der Waals surface area contributed by atoms with Crippen LogP contribution in [0.25, 0.3) is 0 Å². The number of carbonyl (C=O) groups excluding carboxylic acids is 4. The average molecular weight is 556 g/mol. The fourth-order valence-corrected chi connectivity index (χ4v) is 7.10. The third-order valence-corrected chi connectivity index (χ3v) is 9.55. The Hall–Kier alpha value is -3.61. The van der Waals surface area contributed by atoms with E-state index in [1.54, 1.807) is 29.2 Å². The third kappa shape index (κ3) is 5.72. The van der Waals surface area contributed by atoms with Gasteiger partial charge < -0.3 is 20.4 Å². The molecule has 2 aromatic rings. The zero-order valence-corrected chi connectivity index (χ0v) is 22.4. The number of hydrogen-bond acceptors (Lipinski definition) is 7. The van der Waals surface area contributed by atoms with Crippen LogP contribution in [0.15, 0.2) is 53.4 Å². The van der Waals surface area contributed by atoms with E-state index in [-0.39, 0.29) is 23.5 Å². The summed E-state index contributed by atoms with van der Waals surface area (Å²) in [5.74, 6) is -0.672. The Bertz CT molecular complexity index is 1280. The molecule has 2 atom stereocenters. The molecule has 0 aromatic heterocycles. The van der Waals surface area contributed by atoms with Gasteiger partial charge in [0, 0.05) is 38.7 Å². The van der Waals surface area contributed by atoms with E-state index in [4.69, 9.17) is 0 Å². The zero-order valence-electron chi connectivity index (χ0n) is 21.6. The van der Waals surface area contributed by atoms with Gasteiger partial charge in [-0.25, -0.2) is 4.79 Å². The molecule has 11 nitrogen and oxygen atoms in total. The Morgan fingerprint density at radius 1 is 1.05 bits per heavy atom. The lowest BCUT2D eigenvalue weighted by Gasteiger charge is -2.43. The summed E-state index contributed by atoms with van der Waals surface area (Å²) in [4.78, 5) is 53.7. The zero-order chi connectivity index (χ0) is 27.7. The number of piperidine rings is 1. The molecular formula is C27H33N5O6S. The molecule has 0 radical (unpaired) electrons. The molecule has 5 N–H and O–H groups in total. The highest BCUT2D eigenvalue weighted by atomic mass is 32.3. The first-order chi connectivity index (χ1) is 18.6. The van der Waals surface area contributed by atoms with Crippen LogP contribution in [0.5, 0.6) is 0 Å². The van der Waals surface area contributed by atoms with E-state index in [0.717, 1.165) is 11.3 Å². The van der Waals surface area contributed by atoms with Crippen LogP contribution in [0.4, 0.5) is 10.5 Å². The van der Waals surface area contributed by atoms with Crippen molar-refractivity contribution in [1.29, 1.82) is 0 Å². The minimum absolute atomic E-state index is 0.0117. The predicted molar refractivity (Wildman–Crippen MR) is 147 cm³/mol. The van der Waals surface area contributed by atoms with Crippen molar-refractivity contribution in [3.05, 3.63) is 59.7 Å². The number of amides is 5. The molecule has 5 rings (SSSR count). The first kappa shape index (κ1) is 27.0. The summed E-state index contributed by atoms with van der Waals surface area (Å²) in [5.41, 5.74) is 2.17. The standard InChI is InChI=1S/C27H33N5O6S/c1-17(33)31-12-10-19(11-13-31)23(24-26(35)30-27(36)29-24)28-25(34)20-8-6-18(7-9-20)16-32-14-15-39(37,38)22-5-3-2-4-21(22)32/h2-9,19,23-24,37-38H,10-16H2,1H3,(H,28,34)(H2,29,30,35,36). The molecule has 2 saturated heterocycles. The van der Waals surface area contributed by atoms with Crippen molar-refractivity contribution in [1.82, 2.24) is 20.9 Å². The van der Waals surface area contributed by atoms with Gasteiger partial charge in [-0.1, -0.05) is 24.3 Å². The lowest BCUT2D eigenvalue weighted by Crippen LogP contribution is -2.56. The van der Waals surface area contributed by atoms with Gasteiger partial charge >= 0.3 is 6.03 Å². The van der Waals surface area contributed by atoms with E-state index in [9.17, 15) is 28.3 Å². The van der Waals surface area contributed by atoms with Crippen LogP contribution >= 0.6 is 10.6 Å². The minimum atomic E-state index is -2.80. The largest absolute Gasteiger partial charge is 0.364 e. The molecule has 12 heteroatoms. The number of nitrogens with zero attached hydrogens (tertiary/aromatic N) is 2. The number of benzene rings is 2. The summed E-state index contributed by atoms with van der Waals surface area (Å²) in [6.45, 7) is 3.61. The van der Waals surface area contributed by atoms with Crippen molar-refractivity contribution >= 4 is 40.0 Å². The van der Waals surface area contributed by atoms with Gasteiger partial charge in [0.05, 0.1) is 22.4 Å². The first-order valence-corrected chi connectivity index (χ1v) is 14.7. The highest BCUT2D eigenvalue weighted by molar-refractivity contribution is 8.24. The lowest BCUT2D eigenvalue weighted by atomic mass is 9.85. The molecule has 5 amide bonds. The number of hydrogen-bond donors (Lipinski definition) is 5. The maximum atomic E-state index is 13.3. The second kappa shape index (κ2) is 10.9. The van der Waals surface area contributed by atoms with Gasteiger partial charge in [0.1, 0.15) is 6.04 Å². The van der Waals surface area contributed by atoms with Crippen molar-refractivity contribution in [2.24, 2.45) is 5.92 Å². The lowest BCUT2D eigenvalue weighted by molar-refractivity contribution is -0.130. The summed E-state index contributed by atoms with van der Waals surface area (Å²) in [7, 11) is -2.80. The predicted octanol–water partition coefficient (Wildman–Crippen LogP) is 2.38. The van der Waals surface area contributed by atoms with Gasteiger partial charge in [-0.2, -0.15) is 10.6 Å². The number of imide groups is 1. The molecule has 0 saturated carbocycles. The highest BCUT2D eigenvalue weighted by Gasteiger charge is 2.42. The minimum Gasteiger partial charge on any atom is -0.364 e. The summed E-state index contributed by atoms with van der Waals surface area (Å²) < 4.78 is 20.8. The van der Waals surface area contributed by atoms with Gasteiger partial charge in [0.15, 0.2) is 0 Å². The van der Waals surface area contributed by atoms with Gasteiger partial charge in [-0.15, -0.1) is 0 Å². The molecule has 0 spiro atoms. The number of para-hydroxylation sites is 1. The van der Waals surface area contributed by atoms with Gasteiger partial charge in [0.2, 0.25) is 5.91 Å². The number of carbonyl (C=O) groups is 4. The number of rotatable bonds is 6. The van der Waals surface area contributed by atoms with Crippen LogP contribution in [0, 0.1) is 5.92 Å². The van der Waals surface area contributed by atoms with Crippen molar-refractivity contribution in [2.45, 2.75) is 43.3 Å². The molecule has 39 heavy (non-hydrogen) atoms. The maximum Gasteiger partial charge on any atom is 0.322 e. The summed E-state index contributed by atoms with van der Waals surface area (Å²) in [6, 6.07) is 12.3. The number of likely N-dealkylation sites (tertiary alicyclic amines) is 1. The molecule has 3 heterocycles. The monoisotopic (exact) mass is 555 g/mol. The second-order valence-electron chi connectivity index (χ2n) is 10.2. The van der Waals surface area contributed by atoms with E-state index in [2.05, 4.69) is 20.9 Å². The summed E-state index contributed by atoms with van der Waals surface area (Å²) in [5, 5.41) is 7.85. The smallest absolute Gasteiger partial charge is 0.322 e. The van der Waals surface area contributed by atoms with Gasteiger partial charge in [-0.05, 0) is 48.6 Å². The average Bonchev–Trinajstić information content (AvgIpc) is 3.26. The van der Waals surface area contributed by atoms with Crippen LogP contribution in [0.3, 0.4) is 0 Å². The summed E-state index contributed by atoms with van der Waals surface area (Å²) in [6.07, 6.45) is 1.20. The molecule has 2 fully saturated rings. The molecule has 3 aliphatic rings. The Labute approximate surface area is 228 Å². The Morgan fingerprint density at radius 2 is 1.74 bits per heavy atom. The SMILES string of the molecule is CC(=O)N1CCC(C(NC(=O)c2ccc(CN3CCS(O)(O)c4ccccc43)cc2)C2NC(=O)NC2=O)CC1. The molecule has 2 unspecified atom stereocenters. The van der Waals surface area contributed by atoms with E-state index in [1.165, 1.54) is 6.92 Å². The maximum absolute atomic E-state index is 13.3. The fourth-order valence-electron chi connectivity index (χ4n) is 5.58. The Kier molecular flexibility index (Phi) is 7.52. The van der Waals surface area contributed by atoms with E-state index < -0.39 is 34.6 Å². The second-order valence-corrected chi connectivity index (χ2v) is 12.4. The molecule has 2 aromatic carbocycles.